The quantitative estimate of drug-likeness (QED) is 0.788. The Bertz CT molecular complexity index is 429. The Kier molecular flexibility index (Phi) is 3.43. The van der Waals surface area contributed by atoms with Gasteiger partial charge in [-0.05, 0) is 30.9 Å². The maximum atomic E-state index is 13.5. The summed E-state index contributed by atoms with van der Waals surface area (Å²) < 4.78 is 18.9. The molecule has 0 aromatic heterocycles. The first-order chi connectivity index (χ1) is 7.79. The molecular formula is C13H14FNO. The summed E-state index contributed by atoms with van der Waals surface area (Å²) in [5.41, 5.74) is 5.59. The van der Waals surface area contributed by atoms with E-state index < -0.39 is 0 Å². The molecule has 0 radical (unpaired) electrons. The van der Waals surface area contributed by atoms with Gasteiger partial charge in [0.1, 0.15) is 11.6 Å². The highest BCUT2D eigenvalue weighted by molar-refractivity contribution is 5.39. The molecule has 0 aliphatic heterocycles. The van der Waals surface area contributed by atoms with Crippen LogP contribution in [0.3, 0.4) is 0 Å². The Morgan fingerprint density at radius 2 is 2.25 bits per heavy atom. The van der Waals surface area contributed by atoms with Gasteiger partial charge in [0.2, 0.25) is 0 Å². The third kappa shape index (κ3) is 2.98. The third-order valence-corrected chi connectivity index (χ3v) is 2.45. The fourth-order valence-corrected chi connectivity index (χ4v) is 1.33. The van der Waals surface area contributed by atoms with E-state index in [1.165, 1.54) is 18.9 Å². The number of rotatable bonds is 3. The maximum absolute atomic E-state index is 13.5. The van der Waals surface area contributed by atoms with Crippen LogP contribution in [0.2, 0.25) is 0 Å². The molecule has 2 N–H and O–H groups in total. The van der Waals surface area contributed by atoms with Gasteiger partial charge in [0.15, 0.2) is 0 Å². The molecule has 0 unspecified atom stereocenters. The lowest BCUT2D eigenvalue weighted by Gasteiger charge is -2.05. The zero-order valence-electron chi connectivity index (χ0n) is 9.00. The van der Waals surface area contributed by atoms with E-state index in [2.05, 4.69) is 11.8 Å². The van der Waals surface area contributed by atoms with E-state index in [4.69, 9.17) is 10.5 Å². The van der Waals surface area contributed by atoms with Crippen LogP contribution in [0.25, 0.3) is 0 Å². The van der Waals surface area contributed by atoms with Crippen LogP contribution in [0, 0.1) is 23.6 Å². The topological polar surface area (TPSA) is 35.2 Å². The molecule has 3 heteroatoms. The van der Waals surface area contributed by atoms with Crippen LogP contribution in [0.15, 0.2) is 18.2 Å². The minimum Gasteiger partial charge on any atom is -0.493 e. The summed E-state index contributed by atoms with van der Waals surface area (Å²) in [5.74, 6) is 6.18. The second-order valence-electron chi connectivity index (χ2n) is 3.90. The molecule has 2 nitrogen and oxygen atoms in total. The number of ether oxygens (including phenoxy) is 1. The van der Waals surface area contributed by atoms with Crippen LogP contribution in [0.5, 0.6) is 5.75 Å². The van der Waals surface area contributed by atoms with Gasteiger partial charge in [-0.2, -0.15) is 0 Å². The van der Waals surface area contributed by atoms with E-state index in [1.54, 1.807) is 12.1 Å². The van der Waals surface area contributed by atoms with E-state index in [0.717, 1.165) is 0 Å². The highest BCUT2D eigenvalue weighted by atomic mass is 19.1. The van der Waals surface area contributed by atoms with Gasteiger partial charge >= 0.3 is 0 Å². The second kappa shape index (κ2) is 5.00. The lowest BCUT2D eigenvalue weighted by molar-refractivity contribution is 0.298. The molecule has 1 aromatic carbocycles. The Balaban J connectivity index is 2.02. The van der Waals surface area contributed by atoms with Gasteiger partial charge < -0.3 is 10.5 Å². The Morgan fingerprint density at radius 1 is 1.44 bits per heavy atom. The smallest absolute Gasteiger partial charge is 0.142 e. The van der Waals surface area contributed by atoms with Gasteiger partial charge in [0, 0.05) is 6.07 Å². The normalized spacial score (nSPS) is 14.1. The van der Waals surface area contributed by atoms with Gasteiger partial charge in [-0.25, -0.2) is 4.39 Å². The summed E-state index contributed by atoms with van der Waals surface area (Å²) in [6, 6.07) is 4.75. The van der Waals surface area contributed by atoms with E-state index >= 15 is 0 Å². The standard InChI is InChI=1S/C13H14FNO/c14-13-8-12(16-9-10-3-4-10)6-5-11(13)2-1-7-15/h5-6,8,10H,3-4,7,9,15H2. The molecule has 2 rings (SSSR count). The SMILES string of the molecule is NCC#Cc1ccc(OCC2CC2)cc1F. The van der Waals surface area contributed by atoms with Crippen molar-refractivity contribution in [2.24, 2.45) is 11.7 Å². The maximum Gasteiger partial charge on any atom is 0.142 e. The van der Waals surface area contributed by atoms with Crippen LogP contribution in [-0.4, -0.2) is 13.2 Å². The van der Waals surface area contributed by atoms with Crippen LogP contribution in [0.4, 0.5) is 4.39 Å². The molecule has 16 heavy (non-hydrogen) atoms. The van der Waals surface area contributed by atoms with Crippen molar-refractivity contribution in [3.63, 3.8) is 0 Å². The molecule has 0 amide bonds. The van der Waals surface area contributed by atoms with Crippen LogP contribution < -0.4 is 10.5 Å². The Labute approximate surface area is 94.6 Å². The monoisotopic (exact) mass is 219 g/mol. The number of nitrogens with two attached hydrogens (primary N) is 1. The lowest BCUT2D eigenvalue weighted by atomic mass is 10.2. The first-order valence-electron chi connectivity index (χ1n) is 5.41. The fraction of sp³-hybridized carbons (Fsp3) is 0.385. The van der Waals surface area contributed by atoms with Crippen LogP contribution >= 0.6 is 0 Å². The minimum atomic E-state index is -0.353. The molecule has 1 saturated carbocycles. The molecule has 0 heterocycles. The number of hydrogen-bond acceptors (Lipinski definition) is 2. The summed E-state index contributed by atoms with van der Waals surface area (Å²) in [6.07, 6.45) is 2.45. The fourth-order valence-electron chi connectivity index (χ4n) is 1.33. The highest BCUT2D eigenvalue weighted by Crippen LogP contribution is 2.29. The molecular weight excluding hydrogens is 205 g/mol. The Hall–Kier alpha value is -1.53. The molecule has 0 saturated heterocycles. The van der Waals surface area contributed by atoms with Crippen LogP contribution in [0.1, 0.15) is 18.4 Å². The van der Waals surface area contributed by atoms with Crippen LogP contribution in [-0.2, 0) is 0 Å². The molecule has 1 aliphatic rings. The van der Waals surface area contributed by atoms with Crippen molar-refractivity contribution in [1.82, 2.24) is 0 Å². The zero-order chi connectivity index (χ0) is 11.4. The highest BCUT2D eigenvalue weighted by Gasteiger charge is 2.21. The summed E-state index contributed by atoms with van der Waals surface area (Å²) in [5, 5.41) is 0. The van der Waals surface area contributed by atoms with Gasteiger partial charge in [0.25, 0.3) is 0 Å². The average Bonchev–Trinajstić information content (AvgIpc) is 3.09. The van der Waals surface area contributed by atoms with E-state index in [-0.39, 0.29) is 12.4 Å². The van der Waals surface area contributed by atoms with Crippen molar-refractivity contribution >= 4 is 0 Å². The molecule has 1 aromatic rings. The lowest BCUT2D eigenvalue weighted by Crippen LogP contribution is -1.99. The van der Waals surface area contributed by atoms with Gasteiger partial charge in [-0.1, -0.05) is 11.8 Å². The Morgan fingerprint density at radius 3 is 2.88 bits per heavy atom. The van der Waals surface area contributed by atoms with Crippen molar-refractivity contribution < 1.29 is 9.13 Å². The molecule has 1 aliphatic carbocycles. The molecule has 84 valence electrons. The van der Waals surface area contributed by atoms with E-state index in [9.17, 15) is 4.39 Å². The number of halogens is 1. The third-order valence-electron chi connectivity index (χ3n) is 2.45. The van der Waals surface area contributed by atoms with Crippen molar-refractivity contribution in [2.45, 2.75) is 12.8 Å². The summed E-state index contributed by atoms with van der Waals surface area (Å²) in [6.45, 7) is 0.923. The summed E-state index contributed by atoms with van der Waals surface area (Å²) in [4.78, 5) is 0. The average molecular weight is 219 g/mol. The summed E-state index contributed by atoms with van der Waals surface area (Å²) in [7, 11) is 0. The number of hydrogen-bond donors (Lipinski definition) is 1. The van der Waals surface area contributed by atoms with Gasteiger partial charge in [-0.15, -0.1) is 0 Å². The first kappa shape index (κ1) is 11.0. The first-order valence-corrected chi connectivity index (χ1v) is 5.41. The predicted molar refractivity (Wildman–Crippen MR) is 60.6 cm³/mol. The molecule has 0 spiro atoms. The van der Waals surface area contributed by atoms with E-state index in [1.807, 2.05) is 0 Å². The van der Waals surface area contributed by atoms with Gasteiger partial charge in [0.05, 0.1) is 18.7 Å². The molecule has 0 bridgehead atoms. The van der Waals surface area contributed by atoms with Gasteiger partial charge in [-0.3, -0.25) is 0 Å². The molecule has 1 fully saturated rings. The van der Waals surface area contributed by atoms with E-state index in [0.29, 0.717) is 23.8 Å². The van der Waals surface area contributed by atoms with Crippen molar-refractivity contribution in [2.75, 3.05) is 13.2 Å². The summed E-state index contributed by atoms with van der Waals surface area (Å²) >= 11 is 0. The predicted octanol–water partition coefficient (Wildman–Crippen LogP) is 1.92. The minimum absolute atomic E-state index is 0.235. The van der Waals surface area contributed by atoms with Crippen molar-refractivity contribution in [3.8, 4) is 17.6 Å². The second-order valence-corrected chi connectivity index (χ2v) is 3.90. The van der Waals surface area contributed by atoms with Crippen molar-refractivity contribution in [1.29, 1.82) is 0 Å². The molecule has 0 atom stereocenters. The largest absolute Gasteiger partial charge is 0.493 e. The number of benzene rings is 1. The zero-order valence-corrected chi connectivity index (χ0v) is 9.00. The van der Waals surface area contributed by atoms with Crippen molar-refractivity contribution in [3.05, 3.63) is 29.6 Å².